The molecule has 1 aliphatic rings. The predicted molar refractivity (Wildman–Crippen MR) is 108 cm³/mol. The Morgan fingerprint density at radius 1 is 1.04 bits per heavy atom. The predicted octanol–water partition coefficient (Wildman–Crippen LogP) is 4.81. The molecule has 0 aliphatic carbocycles. The normalized spacial score (nSPS) is 15.8. The second kappa shape index (κ2) is 6.75. The molecule has 1 aromatic carbocycles. The van der Waals surface area contributed by atoms with Gasteiger partial charge in [-0.3, -0.25) is 0 Å². The summed E-state index contributed by atoms with van der Waals surface area (Å²) in [5.41, 5.74) is 6.83. The fourth-order valence-electron chi connectivity index (χ4n) is 4.18. The van der Waals surface area contributed by atoms with E-state index in [4.69, 9.17) is 10.1 Å². The maximum absolute atomic E-state index is 4.99. The summed E-state index contributed by atoms with van der Waals surface area (Å²) in [7, 11) is 0. The molecule has 1 saturated heterocycles. The van der Waals surface area contributed by atoms with Crippen molar-refractivity contribution in [2.45, 2.75) is 47.0 Å². The van der Waals surface area contributed by atoms with Crippen LogP contribution in [0.25, 0.3) is 16.8 Å². The molecule has 4 nitrogen and oxygen atoms in total. The minimum atomic E-state index is 0.814. The van der Waals surface area contributed by atoms with Crippen LogP contribution in [0.1, 0.15) is 43.6 Å². The zero-order valence-electron chi connectivity index (χ0n) is 16.3. The molecule has 2 aromatic heterocycles. The van der Waals surface area contributed by atoms with Gasteiger partial charge in [-0.15, -0.1) is 0 Å². The van der Waals surface area contributed by atoms with Crippen molar-refractivity contribution in [3.05, 3.63) is 47.3 Å². The number of piperidine rings is 1. The Hall–Kier alpha value is -2.36. The number of anilines is 1. The number of fused-ring (bicyclic) bond motifs is 1. The molecule has 136 valence electrons. The summed E-state index contributed by atoms with van der Waals surface area (Å²) in [4.78, 5) is 7.52. The Balaban J connectivity index is 1.95. The molecule has 4 heteroatoms. The smallest absolute Gasteiger partial charge is 0.165 e. The van der Waals surface area contributed by atoms with Crippen LogP contribution in [0.15, 0.2) is 30.3 Å². The van der Waals surface area contributed by atoms with Gasteiger partial charge in [-0.05, 0) is 44.6 Å². The van der Waals surface area contributed by atoms with Gasteiger partial charge < -0.3 is 4.90 Å². The van der Waals surface area contributed by atoms with E-state index in [1.54, 1.807) is 0 Å². The summed E-state index contributed by atoms with van der Waals surface area (Å²) < 4.78 is 2.11. The topological polar surface area (TPSA) is 33.4 Å². The Labute approximate surface area is 155 Å². The van der Waals surface area contributed by atoms with Crippen LogP contribution in [0, 0.1) is 19.8 Å². The van der Waals surface area contributed by atoms with E-state index in [2.05, 4.69) is 67.4 Å². The van der Waals surface area contributed by atoms with Crippen molar-refractivity contribution in [2.75, 3.05) is 18.0 Å². The third kappa shape index (κ3) is 2.77. The third-order valence-electron chi connectivity index (χ3n) is 5.72. The second-order valence-electron chi connectivity index (χ2n) is 7.58. The van der Waals surface area contributed by atoms with Gasteiger partial charge in [0, 0.05) is 29.9 Å². The van der Waals surface area contributed by atoms with E-state index in [1.165, 1.54) is 29.8 Å². The molecule has 3 heterocycles. The van der Waals surface area contributed by atoms with Crippen molar-refractivity contribution >= 4 is 11.5 Å². The fourth-order valence-corrected chi connectivity index (χ4v) is 4.18. The Morgan fingerprint density at radius 2 is 1.73 bits per heavy atom. The number of hydrogen-bond acceptors (Lipinski definition) is 3. The van der Waals surface area contributed by atoms with Gasteiger partial charge >= 0.3 is 0 Å². The highest BCUT2D eigenvalue weighted by molar-refractivity contribution is 5.81. The summed E-state index contributed by atoms with van der Waals surface area (Å²) >= 11 is 0. The highest BCUT2D eigenvalue weighted by Crippen LogP contribution is 2.34. The second-order valence-corrected chi connectivity index (χ2v) is 7.58. The van der Waals surface area contributed by atoms with Gasteiger partial charge in [0.15, 0.2) is 5.65 Å². The van der Waals surface area contributed by atoms with Crippen LogP contribution in [0.3, 0.4) is 0 Å². The lowest BCUT2D eigenvalue weighted by atomic mass is 9.98. The van der Waals surface area contributed by atoms with E-state index >= 15 is 0 Å². The van der Waals surface area contributed by atoms with Crippen LogP contribution in [0.2, 0.25) is 0 Å². The molecule has 0 spiro atoms. The maximum atomic E-state index is 4.99. The Bertz CT molecular complexity index is 918. The van der Waals surface area contributed by atoms with Crippen LogP contribution in [0.4, 0.5) is 5.82 Å². The molecule has 0 amide bonds. The van der Waals surface area contributed by atoms with Crippen LogP contribution in [-0.2, 0) is 6.42 Å². The average Bonchev–Trinajstić information content (AvgIpc) is 2.97. The first kappa shape index (κ1) is 17.1. The van der Waals surface area contributed by atoms with E-state index in [9.17, 15) is 0 Å². The first-order valence-corrected chi connectivity index (χ1v) is 9.79. The summed E-state index contributed by atoms with van der Waals surface area (Å²) in [5, 5.41) is 4.95. The summed E-state index contributed by atoms with van der Waals surface area (Å²) in [6.45, 7) is 11.0. The highest BCUT2D eigenvalue weighted by atomic mass is 15.4. The first-order valence-electron chi connectivity index (χ1n) is 9.79. The number of benzene rings is 1. The number of nitrogens with zero attached hydrogens (tertiary/aromatic N) is 4. The third-order valence-corrected chi connectivity index (χ3v) is 5.72. The number of hydrogen-bond donors (Lipinski definition) is 0. The van der Waals surface area contributed by atoms with Gasteiger partial charge in [-0.1, -0.05) is 44.2 Å². The zero-order chi connectivity index (χ0) is 18.3. The quantitative estimate of drug-likeness (QED) is 0.681. The minimum absolute atomic E-state index is 0.814. The van der Waals surface area contributed by atoms with E-state index in [0.29, 0.717) is 0 Å². The molecule has 0 unspecified atom stereocenters. The van der Waals surface area contributed by atoms with Crippen LogP contribution in [-0.4, -0.2) is 27.7 Å². The summed E-state index contributed by atoms with van der Waals surface area (Å²) in [6.07, 6.45) is 3.48. The molecular formula is C22H28N4. The number of aromatic nitrogens is 3. The number of aryl methyl sites for hydroxylation is 2. The van der Waals surface area contributed by atoms with Crippen molar-refractivity contribution < 1.29 is 0 Å². The highest BCUT2D eigenvalue weighted by Gasteiger charge is 2.25. The molecule has 1 fully saturated rings. The molecule has 0 N–H and O–H groups in total. The van der Waals surface area contributed by atoms with Crippen LogP contribution in [0.5, 0.6) is 0 Å². The lowest BCUT2D eigenvalue weighted by Crippen LogP contribution is -2.35. The van der Waals surface area contributed by atoms with Gasteiger partial charge in [0.25, 0.3) is 0 Å². The maximum Gasteiger partial charge on any atom is 0.165 e. The van der Waals surface area contributed by atoms with Gasteiger partial charge in [-0.2, -0.15) is 9.61 Å². The van der Waals surface area contributed by atoms with Crippen molar-refractivity contribution in [1.82, 2.24) is 14.6 Å². The monoisotopic (exact) mass is 348 g/mol. The lowest BCUT2D eigenvalue weighted by molar-refractivity contribution is 0.434. The lowest BCUT2D eigenvalue weighted by Gasteiger charge is -2.33. The minimum Gasteiger partial charge on any atom is -0.356 e. The Morgan fingerprint density at radius 3 is 2.38 bits per heavy atom. The molecule has 1 aliphatic heterocycles. The van der Waals surface area contributed by atoms with Crippen LogP contribution >= 0.6 is 0 Å². The summed E-state index contributed by atoms with van der Waals surface area (Å²) in [5.74, 6) is 2.07. The van der Waals surface area contributed by atoms with E-state index in [0.717, 1.165) is 48.0 Å². The number of rotatable bonds is 3. The van der Waals surface area contributed by atoms with Crippen molar-refractivity contribution in [2.24, 2.45) is 5.92 Å². The molecule has 0 saturated carbocycles. The molecular weight excluding hydrogens is 320 g/mol. The van der Waals surface area contributed by atoms with E-state index in [1.807, 2.05) is 0 Å². The van der Waals surface area contributed by atoms with E-state index in [-0.39, 0.29) is 0 Å². The van der Waals surface area contributed by atoms with Crippen LogP contribution < -0.4 is 4.90 Å². The Kier molecular flexibility index (Phi) is 4.43. The first-order chi connectivity index (χ1) is 12.6. The zero-order valence-corrected chi connectivity index (χ0v) is 16.3. The molecule has 0 radical (unpaired) electrons. The van der Waals surface area contributed by atoms with Gasteiger partial charge in [0.1, 0.15) is 5.82 Å². The van der Waals surface area contributed by atoms with Crippen molar-refractivity contribution in [3.8, 4) is 11.1 Å². The SMILES string of the molecule is CCc1c(C)nc2c(-c3ccccc3)c(C)nn2c1N1CCC(C)CC1. The van der Waals surface area contributed by atoms with Gasteiger partial charge in [-0.25, -0.2) is 4.98 Å². The van der Waals surface area contributed by atoms with Crippen molar-refractivity contribution in [1.29, 1.82) is 0 Å². The molecule has 0 atom stereocenters. The summed E-state index contributed by atoms with van der Waals surface area (Å²) in [6, 6.07) is 10.5. The largest absolute Gasteiger partial charge is 0.356 e. The standard InChI is InChI=1S/C22H28N4/c1-5-19-16(3)23-21-20(18-9-7-6-8-10-18)17(4)24-26(21)22(19)25-13-11-15(2)12-14-25/h6-10,15H,5,11-14H2,1-4H3. The molecule has 3 aromatic rings. The molecule has 26 heavy (non-hydrogen) atoms. The molecule has 0 bridgehead atoms. The van der Waals surface area contributed by atoms with E-state index < -0.39 is 0 Å². The van der Waals surface area contributed by atoms with Gasteiger partial charge in [0.2, 0.25) is 0 Å². The molecule has 4 rings (SSSR count). The average molecular weight is 348 g/mol. The van der Waals surface area contributed by atoms with Gasteiger partial charge in [0.05, 0.1) is 5.69 Å². The van der Waals surface area contributed by atoms with Crippen molar-refractivity contribution in [3.63, 3.8) is 0 Å². The fraction of sp³-hybridized carbons (Fsp3) is 0.455.